The van der Waals surface area contributed by atoms with Crippen LogP contribution in [0.4, 0.5) is 0 Å². The predicted molar refractivity (Wildman–Crippen MR) is 98.5 cm³/mol. The van der Waals surface area contributed by atoms with Gasteiger partial charge in [-0.2, -0.15) is 0 Å². The molecule has 0 aromatic carbocycles. The topological polar surface area (TPSA) is 69.7 Å². The van der Waals surface area contributed by atoms with E-state index < -0.39 is 0 Å². The summed E-state index contributed by atoms with van der Waals surface area (Å²) in [6, 6.07) is 3.30. The standard InChI is InChI=1S/C18H27N3O3S/c1-3-20(4-2)18(24)14-8-6-12-21(14)16(22)10-5-11-19-17(23)15-9-7-13-25-15/h7,9,13-14H,3-6,8,10-12H2,1-2H3,(H,19,23). The van der Waals surface area contributed by atoms with E-state index in [0.717, 1.165) is 12.8 Å². The number of hydrogen-bond donors (Lipinski definition) is 1. The molecule has 1 unspecified atom stereocenters. The molecule has 1 atom stereocenters. The molecule has 0 aliphatic carbocycles. The van der Waals surface area contributed by atoms with E-state index in [1.807, 2.05) is 25.3 Å². The zero-order chi connectivity index (χ0) is 18.2. The Kier molecular flexibility index (Phi) is 7.43. The van der Waals surface area contributed by atoms with Crippen molar-refractivity contribution in [3.63, 3.8) is 0 Å². The Bertz CT molecular complexity index is 584. The Balaban J connectivity index is 1.77. The second-order valence-electron chi connectivity index (χ2n) is 6.09. The Morgan fingerprint density at radius 2 is 2.08 bits per heavy atom. The molecule has 138 valence electrons. The van der Waals surface area contributed by atoms with E-state index in [9.17, 15) is 14.4 Å². The highest BCUT2D eigenvalue weighted by Crippen LogP contribution is 2.20. The lowest BCUT2D eigenvalue weighted by atomic mass is 10.1. The number of likely N-dealkylation sites (tertiary alicyclic amines) is 1. The van der Waals surface area contributed by atoms with E-state index in [-0.39, 0.29) is 23.8 Å². The van der Waals surface area contributed by atoms with Gasteiger partial charge in [0.2, 0.25) is 11.8 Å². The van der Waals surface area contributed by atoms with Gasteiger partial charge in [0.05, 0.1) is 4.88 Å². The Hall–Kier alpha value is -1.89. The van der Waals surface area contributed by atoms with Crippen molar-refractivity contribution in [2.24, 2.45) is 0 Å². The first-order valence-corrected chi connectivity index (χ1v) is 9.86. The molecule has 0 spiro atoms. The van der Waals surface area contributed by atoms with Crippen molar-refractivity contribution in [2.45, 2.75) is 45.6 Å². The van der Waals surface area contributed by atoms with Crippen molar-refractivity contribution in [1.82, 2.24) is 15.1 Å². The molecule has 0 radical (unpaired) electrons. The van der Waals surface area contributed by atoms with Gasteiger partial charge in [-0.25, -0.2) is 0 Å². The fourth-order valence-corrected chi connectivity index (χ4v) is 3.79. The van der Waals surface area contributed by atoms with Crippen LogP contribution < -0.4 is 5.32 Å². The first kappa shape index (κ1) is 19.4. The summed E-state index contributed by atoms with van der Waals surface area (Å²) in [6.07, 6.45) is 2.56. The highest BCUT2D eigenvalue weighted by atomic mass is 32.1. The molecule has 2 heterocycles. The van der Waals surface area contributed by atoms with Crippen LogP contribution in [0.3, 0.4) is 0 Å². The largest absolute Gasteiger partial charge is 0.351 e. The summed E-state index contributed by atoms with van der Waals surface area (Å²) >= 11 is 1.40. The van der Waals surface area contributed by atoms with Gasteiger partial charge in [-0.15, -0.1) is 11.3 Å². The van der Waals surface area contributed by atoms with Gasteiger partial charge in [-0.05, 0) is 44.6 Å². The summed E-state index contributed by atoms with van der Waals surface area (Å²) in [6.45, 7) is 6.37. The minimum Gasteiger partial charge on any atom is -0.351 e. The molecule has 1 aromatic heterocycles. The Labute approximate surface area is 153 Å². The molecule has 1 aliphatic heterocycles. The second kappa shape index (κ2) is 9.56. The SMILES string of the molecule is CCN(CC)C(=O)C1CCCN1C(=O)CCCNC(=O)c1cccs1. The highest BCUT2D eigenvalue weighted by Gasteiger charge is 2.35. The zero-order valence-electron chi connectivity index (χ0n) is 15.0. The number of rotatable bonds is 8. The zero-order valence-corrected chi connectivity index (χ0v) is 15.8. The molecule has 7 heteroatoms. The van der Waals surface area contributed by atoms with Crippen molar-refractivity contribution < 1.29 is 14.4 Å². The number of hydrogen-bond acceptors (Lipinski definition) is 4. The van der Waals surface area contributed by atoms with Gasteiger partial charge in [-0.3, -0.25) is 14.4 Å². The highest BCUT2D eigenvalue weighted by molar-refractivity contribution is 7.12. The van der Waals surface area contributed by atoms with Crippen molar-refractivity contribution in [2.75, 3.05) is 26.2 Å². The average Bonchev–Trinajstić information content (AvgIpc) is 3.30. The van der Waals surface area contributed by atoms with Gasteiger partial charge in [0.15, 0.2) is 0 Å². The summed E-state index contributed by atoms with van der Waals surface area (Å²) in [5.74, 6) is -0.0339. The summed E-state index contributed by atoms with van der Waals surface area (Å²) < 4.78 is 0. The summed E-state index contributed by atoms with van der Waals surface area (Å²) in [7, 11) is 0. The van der Waals surface area contributed by atoms with E-state index in [4.69, 9.17) is 0 Å². The molecule has 0 saturated carbocycles. The molecule has 2 rings (SSSR count). The molecule has 25 heavy (non-hydrogen) atoms. The third kappa shape index (κ3) is 5.04. The quantitative estimate of drug-likeness (QED) is 0.718. The lowest BCUT2D eigenvalue weighted by Crippen LogP contribution is -2.47. The first-order valence-electron chi connectivity index (χ1n) is 8.98. The van der Waals surface area contributed by atoms with Gasteiger partial charge in [0.25, 0.3) is 5.91 Å². The normalized spacial score (nSPS) is 16.7. The van der Waals surface area contributed by atoms with Gasteiger partial charge in [0, 0.05) is 32.6 Å². The maximum atomic E-state index is 12.5. The number of likely N-dealkylation sites (N-methyl/N-ethyl adjacent to an activating group) is 1. The maximum Gasteiger partial charge on any atom is 0.261 e. The molecule has 0 bridgehead atoms. The van der Waals surface area contributed by atoms with Crippen LogP contribution in [0, 0.1) is 0 Å². The van der Waals surface area contributed by atoms with Crippen molar-refractivity contribution in [3.8, 4) is 0 Å². The lowest BCUT2D eigenvalue weighted by molar-refractivity contribution is -0.143. The molecule has 3 amide bonds. The fraction of sp³-hybridized carbons (Fsp3) is 0.611. The maximum absolute atomic E-state index is 12.5. The number of nitrogens with one attached hydrogen (secondary N) is 1. The molecule has 6 nitrogen and oxygen atoms in total. The van der Waals surface area contributed by atoms with Crippen LogP contribution in [0.1, 0.15) is 49.2 Å². The molecule has 1 N–H and O–H groups in total. The number of nitrogens with zero attached hydrogens (tertiary/aromatic N) is 2. The monoisotopic (exact) mass is 365 g/mol. The van der Waals surface area contributed by atoms with Crippen molar-refractivity contribution in [3.05, 3.63) is 22.4 Å². The Morgan fingerprint density at radius 1 is 1.32 bits per heavy atom. The molecule has 1 aliphatic rings. The summed E-state index contributed by atoms with van der Waals surface area (Å²) in [5, 5.41) is 4.69. The van der Waals surface area contributed by atoms with E-state index in [2.05, 4.69) is 5.32 Å². The number of carbonyl (C=O) groups is 3. The van der Waals surface area contributed by atoms with Gasteiger partial charge in [-0.1, -0.05) is 6.07 Å². The molecular formula is C18H27N3O3S. The minimum atomic E-state index is -0.312. The molecule has 1 fully saturated rings. The minimum absolute atomic E-state index is 0.00776. The van der Waals surface area contributed by atoms with Crippen LogP contribution in [0.15, 0.2) is 17.5 Å². The fourth-order valence-electron chi connectivity index (χ4n) is 3.15. The van der Waals surface area contributed by atoms with Crippen LogP contribution in [0.2, 0.25) is 0 Å². The summed E-state index contributed by atoms with van der Waals surface area (Å²) in [5.41, 5.74) is 0. The number of thiophene rings is 1. The Morgan fingerprint density at radius 3 is 2.72 bits per heavy atom. The van der Waals surface area contributed by atoms with Gasteiger partial charge < -0.3 is 15.1 Å². The van der Waals surface area contributed by atoms with Crippen molar-refractivity contribution in [1.29, 1.82) is 0 Å². The first-order chi connectivity index (χ1) is 12.1. The van der Waals surface area contributed by atoms with Crippen LogP contribution in [0.25, 0.3) is 0 Å². The number of carbonyl (C=O) groups excluding carboxylic acids is 3. The lowest BCUT2D eigenvalue weighted by Gasteiger charge is -2.29. The van der Waals surface area contributed by atoms with E-state index in [1.165, 1.54) is 11.3 Å². The average molecular weight is 365 g/mol. The van der Waals surface area contributed by atoms with Crippen LogP contribution in [-0.2, 0) is 9.59 Å². The second-order valence-corrected chi connectivity index (χ2v) is 7.04. The van der Waals surface area contributed by atoms with E-state index >= 15 is 0 Å². The van der Waals surface area contributed by atoms with Crippen LogP contribution in [0.5, 0.6) is 0 Å². The third-order valence-corrected chi connectivity index (χ3v) is 5.40. The molecular weight excluding hydrogens is 338 g/mol. The number of amides is 3. The van der Waals surface area contributed by atoms with E-state index in [1.54, 1.807) is 15.9 Å². The van der Waals surface area contributed by atoms with Crippen molar-refractivity contribution >= 4 is 29.1 Å². The summed E-state index contributed by atoms with van der Waals surface area (Å²) in [4.78, 5) is 41.1. The molecule has 1 saturated heterocycles. The van der Waals surface area contributed by atoms with Gasteiger partial charge >= 0.3 is 0 Å². The predicted octanol–water partition coefficient (Wildman–Crippen LogP) is 2.12. The third-order valence-electron chi connectivity index (χ3n) is 4.53. The van der Waals surface area contributed by atoms with Crippen LogP contribution in [-0.4, -0.2) is 59.7 Å². The van der Waals surface area contributed by atoms with E-state index in [0.29, 0.717) is 43.9 Å². The van der Waals surface area contributed by atoms with Gasteiger partial charge in [0.1, 0.15) is 6.04 Å². The van der Waals surface area contributed by atoms with Crippen LogP contribution >= 0.6 is 11.3 Å². The molecule has 1 aromatic rings. The smallest absolute Gasteiger partial charge is 0.261 e.